The fraction of sp³-hybridized carbons (Fsp3) is 0.0667. The van der Waals surface area contributed by atoms with Crippen molar-refractivity contribution in [1.82, 2.24) is 0 Å². The maximum atomic E-state index is 2.38. The molecule has 0 radical (unpaired) electrons. The zero-order valence-electron chi connectivity index (χ0n) is 26.0. The lowest BCUT2D eigenvalue weighted by atomic mass is 9.82. The van der Waals surface area contributed by atoms with Crippen molar-refractivity contribution in [2.45, 2.75) is 19.3 Å². The Hall–Kier alpha value is -5.66. The molecule has 0 amide bonds. The van der Waals surface area contributed by atoms with Gasteiger partial charge in [0.25, 0.3) is 0 Å². The van der Waals surface area contributed by atoms with Crippen LogP contribution in [0, 0.1) is 0 Å². The van der Waals surface area contributed by atoms with Gasteiger partial charge >= 0.3 is 0 Å². The Labute approximate surface area is 270 Å². The van der Waals surface area contributed by atoms with Crippen LogP contribution in [0.15, 0.2) is 164 Å². The van der Waals surface area contributed by atoms with Gasteiger partial charge < -0.3 is 4.90 Å². The second kappa shape index (κ2) is 10.2. The van der Waals surface area contributed by atoms with Crippen LogP contribution in [0.25, 0.3) is 54.6 Å². The quantitative estimate of drug-likeness (QED) is 0.185. The highest BCUT2D eigenvalue weighted by Gasteiger charge is 2.35. The molecule has 0 heterocycles. The SMILES string of the molecule is CC1(C)c2ccccc2-c2cc(N(c3ccccc3)c3ccc(-c4cccc5c4ccc4ccc6ccccc6c45)cc3)ccc21. The van der Waals surface area contributed by atoms with Crippen molar-refractivity contribution in [2.24, 2.45) is 0 Å². The topological polar surface area (TPSA) is 3.24 Å². The first kappa shape index (κ1) is 26.7. The highest BCUT2D eigenvalue weighted by Crippen LogP contribution is 2.50. The first-order valence-electron chi connectivity index (χ1n) is 16.1. The molecule has 1 aliphatic rings. The van der Waals surface area contributed by atoms with Crippen molar-refractivity contribution in [3.05, 3.63) is 175 Å². The van der Waals surface area contributed by atoms with Crippen LogP contribution in [0.1, 0.15) is 25.0 Å². The number of para-hydroxylation sites is 1. The van der Waals surface area contributed by atoms with Crippen LogP contribution in [0.4, 0.5) is 17.1 Å². The molecule has 0 fully saturated rings. The molecule has 8 aromatic rings. The van der Waals surface area contributed by atoms with E-state index in [0.29, 0.717) is 0 Å². The van der Waals surface area contributed by atoms with E-state index in [4.69, 9.17) is 0 Å². The number of anilines is 3. The van der Waals surface area contributed by atoms with E-state index in [2.05, 4.69) is 183 Å². The van der Waals surface area contributed by atoms with Crippen LogP contribution >= 0.6 is 0 Å². The number of fused-ring (bicyclic) bond motifs is 8. The van der Waals surface area contributed by atoms with E-state index in [-0.39, 0.29) is 5.41 Å². The predicted molar refractivity (Wildman–Crippen MR) is 197 cm³/mol. The lowest BCUT2D eigenvalue weighted by Crippen LogP contribution is -2.15. The zero-order valence-corrected chi connectivity index (χ0v) is 26.0. The number of rotatable bonds is 4. The Morgan fingerprint density at radius 2 is 1.02 bits per heavy atom. The van der Waals surface area contributed by atoms with Gasteiger partial charge in [0.15, 0.2) is 0 Å². The molecule has 8 aromatic carbocycles. The van der Waals surface area contributed by atoms with Gasteiger partial charge in [0.2, 0.25) is 0 Å². The number of hydrogen-bond acceptors (Lipinski definition) is 1. The minimum absolute atomic E-state index is 0.0141. The predicted octanol–water partition coefficient (Wildman–Crippen LogP) is 12.6. The van der Waals surface area contributed by atoms with E-state index in [1.807, 2.05) is 0 Å². The van der Waals surface area contributed by atoms with Crippen molar-refractivity contribution < 1.29 is 0 Å². The van der Waals surface area contributed by atoms with Crippen molar-refractivity contribution in [2.75, 3.05) is 4.90 Å². The van der Waals surface area contributed by atoms with Crippen molar-refractivity contribution in [3.8, 4) is 22.3 Å². The second-order valence-corrected chi connectivity index (χ2v) is 13.0. The Kier molecular flexibility index (Phi) is 5.92. The highest BCUT2D eigenvalue weighted by molar-refractivity contribution is 6.22. The summed E-state index contributed by atoms with van der Waals surface area (Å²) in [4.78, 5) is 2.38. The fourth-order valence-electron chi connectivity index (χ4n) is 7.78. The summed E-state index contributed by atoms with van der Waals surface area (Å²) in [5, 5.41) is 7.75. The summed E-state index contributed by atoms with van der Waals surface area (Å²) in [5.41, 5.74) is 11.3. The van der Waals surface area contributed by atoms with Gasteiger partial charge in [-0.25, -0.2) is 0 Å². The summed E-state index contributed by atoms with van der Waals surface area (Å²) < 4.78 is 0. The molecule has 0 aliphatic heterocycles. The molecule has 1 heteroatoms. The third-order valence-corrected chi connectivity index (χ3v) is 10.0. The largest absolute Gasteiger partial charge is 0.310 e. The second-order valence-electron chi connectivity index (χ2n) is 13.0. The number of nitrogens with zero attached hydrogens (tertiary/aromatic N) is 1. The monoisotopic (exact) mass is 587 g/mol. The maximum absolute atomic E-state index is 2.38. The average Bonchev–Trinajstić information content (AvgIpc) is 3.34. The molecule has 0 unspecified atom stereocenters. The lowest BCUT2D eigenvalue weighted by molar-refractivity contribution is 0.660. The first-order valence-corrected chi connectivity index (χ1v) is 16.1. The van der Waals surface area contributed by atoms with E-state index in [9.17, 15) is 0 Å². The van der Waals surface area contributed by atoms with E-state index in [0.717, 1.165) is 17.1 Å². The molecule has 0 saturated carbocycles. The number of hydrogen-bond donors (Lipinski definition) is 0. The van der Waals surface area contributed by atoms with Crippen LogP contribution in [0.2, 0.25) is 0 Å². The first-order chi connectivity index (χ1) is 22.6. The summed E-state index contributed by atoms with van der Waals surface area (Å²) in [6, 6.07) is 60.1. The average molecular weight is 588 g/mol. The van der Waals surface area contributed by atoms with Crippen molar-refractivity contribution in [1.29, 1.82) is 0 Å². The fourth-order valence-corrected chi connectivity index (χ4v) is 7.78. The standard InChI is InChI=1S/C45H33N/c1-45(2)42-18-9-8-15-39(42)41-29-35(26-28-43(41)45)46(33-12-4-3-5-13-33)34-24-21-31(22-25-34)36-16-10-17-40-38(36)27-23-32-20-19-30-11-6-7-14-37(30)44(32)40/h3-29H,1-2H3. The summed E-state index contributed by atoms with van der Waals surface area (Å²) in [6.45, 7) is 4.67. The molecular formula is C45H33N. The molecule has 9 rings (SSSR count). The van der Waals surface area contributed by atoms with Crippen LogP contribution in [0.3, 0.4) is 0 Å². The van der Waals surface area contributed by atoms with Gasteiger partial charge in [0.1, 0.15) is 0 Å². The Morgan fingerprint density at radius 3 is 1.89 bits per heavy atom. The third kappa shape index (κ3) is 4.02. The molecule has 0 saturated heterocycles. The smallest absolute Gasteiger partial charge is 0.0468 e. The van der Waals surface area contributed by atoms with E-state index in [1.165, 1.54) is 65.7 Å². The van der Waals surface area contributed by atoms with Gasteiger partial charge in [0.05, 0.1) is 0 Å². The normalized spacial score (nSPS) is 13.2. The summed E-state index contributed by atoms with van der Waals surface area (Å²) in [6.07, 6.45) is 0. The molecule has 0 spiro atoms. The summed E-state index contributed by atoms with van der Waals surface area (Å²) in [5.74, 6) is 0. The summed E-state index contributed by atoms with van der Waals surface area (Å²) in [7, 11) is 0. The van der Waals surface area contributed by atoms with Crippen LogP contribution < -0.4 is 4.90 Å². The van der Waals surface area contributed by atoms with Gasteiger partial charge in [-0.2, -0.15) is 0 Å². The summed E-state index contributed by atoms with van der Waals surface area (Å²) >= 11 is 0. The minimum Gasteiger partial charge on any atom is -0.310 e. The lowest BCUT2D eigenvalue weighted by Gasteiger charge is -2.27. The number of benzene rings is 8. The minimum atomic E-state index is -0.0141. The van der Waals surface area contributed by atoms with E-state index in [1.54, 1.807) is 0 Å². The van der Waals surface area contributed by atoms with Crippen LogP contribution in [0.5, 0.6) is 0 Å². The van der Waals surface area contributed by atoms with Crippen molar-refractivity contribution >= 4 is 49.4 Å². The van der Waals surface area contributed by atoms with Gasteiger partial charge in [-0.05, 0) is 102 Å². The van der Waals surface area contributed by atoms with E-state index >= 15 is 0 Å². The molecule has 0 bridgehead atoms. The molecule has 46 heavy (non-hydrogen) atoms. The zero-order chi connectivity index (χ0) is 30.8. The molecule has 0 aromatic heterocycles. The Bertz CT molecular complexity index is 2430. The molecular weight excluding hydrogens is 555 g/mol. The van der Waals surface area contributed by atoms with E-state index < -0.39 is 0 Å². The third-order valence-electron chi connectivity index (χ3n) is 10.0. The van der Waals surface area contributed by atoms with Gasteiger partial charge in [-0.1, -0.05) is 141 Å². The molecule has 1 aliphatic carbocycles. The maximum Gasteiger partial charge on any atom is 0.0468 e. The van der Waals surface area contributed by atoms with Gasteiger partial charge in [-0.15, -0.1) is 0 Å². The van der Waals surface area contributed by atoms with Crippen molar-refractivity contribution in [3.63, 3.8) is 0 Å². The highest BCUT2D eigenvalue weighted by atomic mass is 15.1. The molecule has 0 N–H and O–H groups in total. The Morgan fingerprint density at radius 1 is 0.391 bits per heavy atom. The van der Waals surface area contributed by atoms with Crippen LogP contribution in [-0.2, 0) is 5.41 Å². The Balaban J connectivity index is 1.17. The molecule has 0 atom stereocenters. The molecule has 218 valence electrons. The molecule has 1 nitrogen and oxygen atoms in total. The van der Waals surface area contributed by atoms with Gasteiger partial charge in [0, 0.05) is 22.5 Å². The van der Waals surface area contributed by atoms with Crippen LogP contribution in [-0.4, -0.2) is 0 Å². The van der Waals surface area contributed by atoms with Gasteiger partial charge in [-0.3, -0.25) is 0 Å².